The second kappa shape index (κ2) is 4.22. The Hall–Kier alpha value is -0.380. The fourth-order valence-corrected chi connectivity index (χ4v) is 1.93. The molecule has 1 aromatic rings. The number of halogens is 1. The fraction of sp³-hybridized carbons (Fsp3) is 0.400. The van der Waals surface area contributed by atoms with Crippen molar-refractivity contribution in [3.63, 3.8) is 0 Å². The summed E-state index contributed by atoms with van der Waals surface area (Å²) >= 11 is 3.46. The van der Waals surface area contributed by atoms with Crippen molar-refractivity contribution in [3.05, 3.63) is 34.3 Å². The van der Waals surface area contributed by atoms with Crippen LogP contribution in [-0.2, 0) is 5.54 Å². The number of rotatable bonds is 3. The highest BCUT2D eigenvalue weighted by atomic mass is 79.9. The van der Waals surface area contributed by atoms with Gasteiger partial charge in [0.2, 0.25) is 0 Å². The number of nitrogens with one attached hydrogen (secondary N) is 1. The molecular formula is C10H14BrNO. The lowest BCUT2D eigenvalue weighted by Gasteiger charge is -2.28. The van der Waals surface area contributed by atoms with Crippen LogP contribution < -0.4 is 5.32 Å². The van der Waals surface area contributed by atoms with E-state index < -0.39 is 0 Å². The van der Waals surface area contributed by atoms with Crippen LogP contribution in [0.1, 0.15) is 12.5 Å². The maximum Gasteiger partial charge on any atom is 0.0652 e. The van der Waals surface area contributed by atoms with Gasteiger partial charge in [-0.1, -0.05) is 34.1 Å². The third-order valence-corrected chi connectivity index (χ3v) is 3.03. The summed E-state index contributed by atoms with van der Waals surface area (Å²) < 4.78 is 1.01. The van der Waals surface area contributed by atoms with Gasteiger partial charge in [-0.15, -0.1) is 0 Å². The Labute approximate surface area is 87.1 Å². The van der Waals surface area contributed by atoms with E-state index in [9.17, 15) is 5.11 Å². The SMILES string of the molecule is CNC(C)(CO)c1ccccc1Br. The third kappa shape index (κ3) is 2.10. The highest BCUT2D eigenvalue weighted by Gasteiger charge is 2.24. The molecule has 0 saturated heterocycles. The molecule has 0 saturated carbocycles. The van der Waals surface area contributed by atoms with Crippen molar-refractivity contribution in [3.8, 4) is 0 Å². The molecule has 3 heteroatoms. The summed E-state index contributed by atoms with van der Waals surface area (Å²) in [6.07, 6.45) is 0. The van der Waals surface area contributed by atoms with E-state index in [1.807, 2.05) is 38.2 Å². The predicted molar refractivity (Wildman–Crippen MR) is 57.6 cm³/mol. The summed E-state index contributed by atoms with van der Waals surface area (Å²) in [6, 6.07) is 7.89. The zero-order valence-corrected chi connectivity index (χ0v) is 9.43. The van der Waals surface area contributed by atoms with Gasteiger partial charge in [-0.25, -0.2) is 0 Å². The Morgan fingerprint density at radius 1 is 1.46 bits per heavy atom. The summed E-state index contributed by atoms with van der Waals surface area (Å²) in [4.78, 5) is 0. The molecule has 1 rings (SSSR count). The van der Waals surface area contributed by atoms with Gasteiger partial charge in [0, 0.05) is 4.47 Å². The largest absolute Gasteiger partial charge is 0.394 e. The molecule has 0 aliphatic rings. The molecule has 0 amide bonds. The number of hydrogen-bond acceptors (Lipinski definition) is 2. The van der Waals surface area contributed by atoms with Crippen molar-refractivity contribution in [1.82, 2.24) is 5.32 Å². The number of aliphatic hydroxyl groups is 1. The average molecular weight is 244 g/mol. The van der Waals surface area contributed by atoms with Gasteiger partial charge in [-0.05, 0) is 25.6 Å². The van der Waals surface area contributed by atoms with E-state index >= 15 is 0 Å². The second-order valence-electron chi connectivity index (χ2n) is 3.22. The normalized spacial score (nSPS) is 15.4. The first-order valence-corrected chi connectivity index (χ1v) is 4.98. The minimum atomic E-state index is -0.375. The van der Waals surface area contributed by atoms with Gasteiger partial charge in [0.1, 0.15) is 0 Å². The van der Waals surface area contributed by atoms with Gasteiger partial charge in [-0.2, -0.15) is 0 Å². The molecule has 1 unspecified atom stereocenters. The smallest absolute Gasteiger partial charge is 0.0652 e. The van der Waals surface area contributed by atoms with Gasteiger partial charge < -0.3 is 10.4 Å². The molecule has 0 aliphatic heterocycles. The van der Waals surface area contributed by atoms with Gasteiger partial charge in [-0.3, -0.25) is 0 Å². The van der Waals surface area contributed by atoms with Crippen LogP contribution in [0.25, 0.3) is 0 Å². The summed E-state index contributed by atoms with van der Waals surface area (Å²) in [5.41, 5.74) is 0.695. The molecule has 0 spiro atoms. The molecule has 72 valence electrons. The lowest BCUT2D eigenvalue weighted by Crippen LogP contribution is -2.40. The molecule has 1 aromatic carbocycles. The molecular weight excluding hydrogens is 230 g/mol. The van der Waals surface area contributed by atoms with Crippen LogP contribution in [-0.4, -0.2) is 18.8 Å². The zero-order chi connectivity index (χ0) is 9.90. The molecule has 0 heterocycles. The van der Waals surface area contributed by atoms with Gasteiger partial charge in [0.25, 0.3) is 0 Å². The maximum absolute atomic E-state index is 9.28. The molecule has 2 nitrogen and oxygen atoms in total. The average Bonchev–Trinajstić information content (AvgIpc) is 2.17. The molecule has 2 N–H and O–H groups in total. The number of benzene rings is 1. The second-order valence-corrected chi connectivity index (χ2v) is 4.07. The molecule has 0 aromatic heterocycles. The molecule has 1 atom stereocenters. The van der Waals surface area contributed by atoms with E-state index in [0.29, 0.717) is 0 Å². The highest BCUT2D eigenvalue weighted by molar-refractivity contribution is 9.10. The Bertz CT molecular complexity index is 284. The van der Waals surface area contributed by atoms with Crippen LogP contribution in [0.3, 0.4) is 0 Å². The van der Waals surface area contributed by atoms with Crippen molar-refractivity contribution in [2.45, 2.75) is 12.5 Å². The van der Waals surface area contributed by atoms with E-state index in [-0.39, 0.29) is 12.1 Å². The van der Waals surface area contributed by atoms with E-state index in [2.05, 4.69) is 21.2 Å². The van der Waals surface area contributed by atoms with Crippen LogP contribution >= 0.6 is 15.9 Å². The predicted octanol–water partition coefficient (Wildman–Crippen LogP) is 1.88. The minimum absolute atomic E-state index is 0.0755. The van der Waals surface area contributed by atoms with Gasteiger partial charge in [0.15, 0.2) is 0 Å². The summed E-state index contributed by atoms with van der Waals surface area (Å²) in [5.74, 6) is 0. The van der Waals surface area contributed by atoms with Gasteiger partial charge in [0.05, 0.1) is 12.1 Å². The minimum Gasteiger partial charge on any atom is -0.394 e. The Morgan fingerprint density at radius 3 is 2.54 bits per heavy atom. The fourth-order valence-electron chi connectivity index (χ4n) is 1.21. The first-order valence-electron chi connectivity index (χ1n) is 4.19. The standard InChI is InChI=1S/C10H14BrNO/c1-10(7-13,12-2)8-5-3-4-6-9(8)11/h3-6,12-13H,7H2,1-2H3. The monoisotopic (exact) mass is 243 g/mol. The van der Waals surface area contributed by atoms with Crippen LogP contribution in [0.15, 0.2) is 28.7 Å². The van der Waals surface area contributed by atoms with E-state index in [1.54, 1.807) is 0 Å². The Kier molecular flexibility index (Phi) is 3.47. The van der Waals surface area contributed by atoms with Gasteiger partial charge >= 0.3 is 0 Å². The molecule has 0 bridgehead atoms. The summed E-state index contributed by atoms with van der Waals surface area (Å²) in [7, 11) is 1.84. The third-order valence-electron chi connectivity index (χ3n) is 2.34. The number of likely N-dealkylation sites (N-methyl/N-ethyl adjacent to an activating group) is 1. The molecule has 0 fully saturated rings. The Balaban J connectivity index is 3.12. The van der Waals surface area contributed by atoms with Crippen molar-refractivity contribution in [2.75, 3.05) is 13.7 Å². The first-order chi connectivity index (χ1) is 6.14. The van der Waals surface area contributed by atoms with Crippen molar-refractivity contribution in [2.24, 2.45) is 0 Å². The zero-order valence-electron chi connectivity index (χ0n) is 7.84. The first kappa shape index (κ1) is 10.7. The molecule has 13 heavy (non-hydrogen) atoms. The topological polar surface area (TPSA) is 32.3 Å². The van der Waals surface area contributed by atoms with E-state index in [4.69, 9.17) is 0 Å². The summed E-state index contributed by atoms with van der Waals surface area (Å²) in [5, 5.41) is 12.4. The number of aliphatic hydroxyl groups excluding tert-OH is 1. The van der Waals surface area contributed by atoms with Crippen molar-refractivity contribution < 1.29 is 5.11 Å². The van der Waals surface area contributed by atoms with E-state index in [1.165, 1.54) is 0 Å². The maximum atomic E-state index is 9.28. The van der Waals surface area contributed by atoms with Crippen molar-refractivity contribution in [1.29, 1.82) is 0 Å². The molecule has 0 aliphatic carbocycles. The lowest BCUT2D eigenvalue weighted by atomic mass is 9.93. The molecule has 0 radical (unpaired) electrons. The van der Waals surface area contributed by atoms with Crippen LogP contribution in [0.2, 0.25) is 0 Å². The highest BCUT2D eigenvalue weighted by Crippen LogP contribution is 2.27. The Morgan fingerprint density at radius 2 is 2.08 bits per heavy atom. The van der Waals surface area contributed by atoms with Crippen LogP contribution in [0, 0.1) is 0 Å². The lowest BCUT2D eigenvalue weighted by molar-refractivity contribution is 0.183. The summed E-state index contributed by atoms with van der Waals surface area (Å²) in [6.45, 7) is 2.04. The van der Waals surface area contributed by atoms with Crippen molar-refractivity contribution >= 4 is 15.9 Å². The number of hydrogen-bond donors (Lipinski definition) is 2. The van der Waals surface area contributed by atoms with E-state index in [0.717, 1.165) is 10.0 Å². The quantitative estimate of drug-likeness (QED) is 0.850. The van der Waals surface area contributed by atoms with Crippen LogP contribution in [0.5, 0.6) is 0 Å². The van der Waals surface area contributed by atoms with Crippen LogP contribution in [0.4, 0.5) is 0 Å².